The number of amides is 1. The third-order valence-electron chi connectivity index (χ3n) is 5.48. The van der Waals surface area contributed by atoms with Crippen molar-refractivity contribution in [2.75, 3.05) is 19.3 Å². The molecule has 10 heteroatoms. The number of halogens is 2. The number of piperidine rings is 1. The average molecular weight is 424 g/mol. The molecule has 2 aliphatic rings. The lowest BCUT2D eigenvalue weighted by atomic mass is 10.1. The second kappa shape index (κ2) is 7.49. The minimum absolute atomic E-state index is 0.233. The molecule has 0 radical (unpaired) electrons. The van der Waals surface area contributed by atoms with Gasteiger partial charge in [-0.2, -0.15) is 5.10 Å². The molecule has 2 heterocycles. The third-order valence-corrected chi connectivity index (χ3v) is 6.75. The summed E-state index contributed by atoms with van der Waals surface area (Å²) in [6.45, 7) is 0.683. The molecular formula is C19H22F2N4O3S. The standard InChI is InChI=1S/C19H22F2N4O3S/c1-29(27,28)24-9-3-4-12(11-24)22-19(26)18-14-5-2-6-17(14)25(23-18)13-7-8-15(20)16(21)10-13/h7-8,10,12H,2-6,9,11H2,1H3,(H,22,26). The van der Waals surface area contributed by atoms with E-state index in [0.29, 0.717) is 37.9 Å². The maximum atomic E-state index is 13.7. The molecular weight excluding hydrogens is 402 g/mol. The Morgan fingerprint density at radius 3 is 2.72 bits per heavy atom. The molecule has 1 amide bonds. The monoisotopic (exact) mass is 424 g/mol. The van der Waals surface area contributed by atoms with Crippen LogP contribution in [0.2, 0.25) is 0 Å². The number of sulfonamides is 1. The second-order valence-corrected chi connectivity index (χ2v) is 9.55. The zero-order valence-corrected chi connectivity index (χ0v) is 16.8. The van der Waals surface area contributed by atoms with Gasteiger partial charge >= 0.3 is 0 Å². The molecule has 1 fully saturated rings. The highest BCUT2D eigenvalue weighted by atomic mass is 32.2. The normalized spacial score (nSPS) is 19.9. The molecule has 4 rings (SSSR count). The van der Waals surface area contributed by atoms with Crippen molar-refractivity contribution in [3.05, 3.63) is 46.8 Å². The highest BCUT2D eigenvalue weighted by Crippen LogP contribution is 2.28. The van der Waals surface area contributed by atoms with E-state index in [-0.39, 0.29) is 24.2 Å². The molecule has 0 saturated carbocycles. The van der Waals surface area contributed by atoms with Gasteiger partial charge in [-0.05, 0) is 44.2 Å². The molecule has 156 valence electrons. The van der Waals surface area contributed by atoms with Gasteiger partial charge in [0, 0.05) is 36.5 Å². The number of fused-ring (bicyclic) bond motifs is 1. The first-order valence-electron chi connectivity index (χ1n) is 9.56. The molecule has 7 nitrogen and oxygen atoms in total. The van der Waals surface area contributed by atoms with E-state index in [4.69, 9.17) is 0 Å². The lowest BCUT2D eigenvalue weighted by Crippen LogP contribution is -2.49. The second-order valence-electron chi connectivity index (χ2n) is 7.57. The summed E-state index contributed by atoms with van der Waals surface area (Å²) in [5, 5.41) is 7.29. The maximum Gasteiger partial charge on any atom is 0.272 e. The van der Waals surface area contributed by atoms with E-state index in [2.05, 4.69) is 10.4 Å². The Hall–Kier alpha value is -2.33. The number of carbonyl (C=O) groups is 1. The van der Waals surface area contributed by atoms with Gasteiger partial charge in [0.25, 0.3) is 5.91 Å². The van der Waals surface area contributed by atoms with Gasteiger partial charge < -0.3 is 5.32 Å². The summed E-state index contributed by atoms with van der Waals surface area (Å²) in [4.78, 5) is 12.9. The van der Waals surface area contributed by atoms with Gasteiger partial charge in [-0.15, -0.1) is 0 Å². The molecule has 1 saturated heterocycles. The van der Waals surface area contributed by atoms with Crippen molar-refractivity contribution in [3.63, 3.8) is 0 Å². The van der Waals surface area contributed by atoms with Gasteiger partial charge in [0.15, 0.2) is 17.3 Å². The summed E-state index contributed by atoms with van der Waals surface area (Å²) in [5.41, 5.74) is 2.26. The van der Waals surface area contributed by atoms with Crippen LogP contribution in [0.25, 0.3) is 5.69 Å². The Kier molecular flexibility index (Phi) is 5.16. The Labute approximate surface area is 167 Å². The van der Waals surface area contributed by atoms with Crippen LogP contribution in [0.5, 0.6) is 0 Å². The van der Waals surface area contributed by atoms with Crippen molar-refractivity contribution in [1.82, 2.24) is 19.4 Å². The number of benzene rings is 1. The van der Waals surface area contributed by atoms with Crippen LogP contribution in [0.1, 0.15) is 41.0 Å². The number of nitrogens with zero attached hydrogens (tertiary/aromatic N) is 3. The highest BCUT2D eigenvalue weighted by molar-refractivity contribution is 7.88. The molecule has 0 bridgehead atoms. The molecule has 29 heavy (non-hydrogen) atoms. The maximum absolute atomic E-state index is 13.7. The van der Waals surface area contributed by atoms with Crippen LogP contribution in [-0.2, 0) is 22.9 Å². The highest BCUT2D eigenvalue weighted by Gasteiger charge is 2.31. The zero-order chi connectivity index (χ0) is 20.8. The number of aromatic nitrogens is 2. The number of hydrogen-bond donors (Lipinski definition) is 1. The fourth-order valence-corrected chi connectivity index (χ4v) is 4.98. The molecule has 1 unspecified atom stereocenters. The molecule has 1 aliphatic carbocycles. The van der Waals surface area contributed by atoms with Crippen molar-refractivity contribution >= 4 is 15.9 Å². The molecule has 1 N–H and O–H groups in total. The lowest BCUT2D eigenvalue weighted by Gasteiger charge is -2.31. The summed E-state index contributed by atoms with van der Waals surface area (Å²) >= 11 is 0. The summed E-state index contributed by atoms with van der Waals surface area (Å²) in [6, 6.07) is 3.23. The van der Waals surface area contributed by atoms with Gasteiger partial charge in [-0.1, -0.05) is 0 Å². The van der Waals surface area contributed by atoms with Crippen molar-refractivity contribution in [2.24, 2.45) is 0 Å². The SMILES string of the molecule is CS(=O)(=O)N1CCCC(NC(=O)c2nn(-c3ccc(F)c(F)c3)c3c2CCC3)C1. The van der Waals surface area contributed by atoms with E-state index in [9.17, 15) is 22.0 Å². The topological polar surface area (TPSA) is 84.3 Å². The molecule has 1 aromatic heterocycles. The van der Waals surface area contributed by atoms with Crippen LogP contribution in [0.15, 0.2) is 18.2 Å². The fourth-order valence-electron chi connectivity index (χ4n) is 4.07. The zero-order valence-electron chi connectivity index (χ0n) is 16.0. The first-order valence-corrected chi connectivity index (χ1v) is 11.4. The van der Waals surface area contributed by atoms with Gasteiger partial charge in [0.1, 0.15) is 0 Å². The van der Waals surface area contributed by atoms with Crippen LogP contribution in [0.4, 0.5) is 8.78 Å². The summed E-state index contributed by atoms with van der Waals surface area (Å²) in [7, 11) is -3.31. The number of rotatable bonds is 4. The number of hydrogen-bond acceptors (Lipinski definition) is 4. The van der Waals surface area contributed by atoms with Crippen molar-refractivity contribution < 1.29 is 22.0 Å². The Balaban J connectivity index is 1.59. The molecule has 1 atom stereocenters. The van der Waals surface area contributed by atoms with Crippen LogP contribution >= 0.6 is 0 Å². The molecule has 1 aromatic carbocycles. The van der Waals surface area contributed by atoms with Crippen LogP contribution in [0, 0.1) is 11.6 Å². The van der Waals surface area contributed by atoms with Crippen molar-refractivity contribution in [2.45, 2.75) is 38.1 Å². The summed E-state index contributed by atoms with van der Waals surface area (Å²) in [5.74, 6) is -2.29. The molecule has 0 spiro atoms. The van der Waals surface area contributed by atoms with Gasteiger partial charge in [-0.3, -0.25) is 4.79 Å². The van der Waals surface area contributed by atoms with Gasteiger partial charge in [0.2, 0.25) is 10.0 Å². The van der Waals surface area contributed by atoms with E-state index in [0.717, 1.165) is 36.1 Å². The smallest absolute Gasteiger partial charge is 0.272 e. The Bertz CT molecular complexity index is 1070. The largest absolute Gasteiger partial charge is 0.347 e. The molecule has 1 aliphatic heterocycles. The van der Waals surface area contributed by atoms with Crippen LogP contribution < -0.4 is 5.32 Å². The Morgan fingerprint density at radius 2 is 2.00 bits per heavy atom. The average Bonchev–Trinajstić information content (AvgIpc) is 3.26. The van der Waals surface area contributed by atoms with Crippen molar-refractivity contribution in [3.8, 4) is 5.69 Å². The van der Waals surface area contributed by atoms with E-state index < -0.39 is 21.7 Å². The van der Waals surface area contributed by atoms with E-state index in [1.54, 1.807) is 0 Å². The quantitative estimate of drug-likeness (QED) is 0.811. The van der Waals surface area contributed by atoms with Gasteiger partial charge in [-0.25, -0.2) is 26.2 Å². The first kappa shape index (κ1) is 20.0. The van der Waals surface area contributed by atoms with Crippen molar-refractivity contribution in [1.29, 1.82) is 0 Å². The van der Waals surface area contributed by atoms with Gasteiger partial charge in [0.05, 0.1) is 11.9 Å². The predicted molar refractivity (Wildman–Crippen MR) is 102 cm³/mol. The van der Waals surface area contributed by atoms with Crippen LogP contribution in [0.3, 0.4) is 0 Å². The van der Waals surface area contributed by atoms with E-state index >= 15 is 0 Å². The minimum Gasteiger partial charge on any atom is -0.347 e. The van der Waals surface area contributed by atoms with E-state index in [1.807, 2.05) is 0 Å². The predicted octanol–water partition coefficient (Wildman–Crippen LogP) is 1.79. The fraction of sp³-hybridized carbons (Fsp3) is 0.474. The molecule has 2 aromatic rings. The Morgan fingerprint density at radius 1 is 1.21 bits per heavy atom. The third kappa shape index (κ3) is 3.91. The summed E-state index contributed by atoms with van der Waals surface area (Å²) in [6.07, 6.45) is 4.74. The minimum atomic E-state index is -3.31. The van der Waals surface area contributed by atoms with E-state index in [1.165, 1.54) is 15.1 Å². The number of carbonyl (C=O) groups excluding carboxylic acids is 1. The number of nitrogens with one attached hydrogen (secondary N) is 1. The lowest BCUT2D eigenvalue weighted by molar-refractivity contribution is 0.0915. The van der Waals surface area contributed by atoms with Crippen LogP contribution in [-0.4, -0.2) is 53.8 Å². The summed E-state index contributed by atoms with van der Waals surface area (Å²) < 4.78 is 53.4. The first-order chi connectivity index (χ1) is 13.7.